The van der Waals surface area contributed by atoms with Gasteiger partial charge in [-0.1, -0.05) is 13.8 Å². The van der Waals surface area contributed by atoms with Crippen LogP contribution in [0.25, 0.3) is 0 Å². The molecular weight excluding hydrogens is 312 g/mol. The molecule has 2 aliphatic rings. The Labute approximate surface area is 141 Å². The summed E-state index contributed by atoms with van der Waals surface area (Å²) in [5.74, 6) is 5.20. The van der Waals surface area contributed by atoms with Crippen LogP contribution in [0.1, 0.15) is 58.3 Å². The van der Waals surface area contributed by atoms with Crippen LogP contribution in [0.3, 0.4) is 0 Å². The van der Waals surface area contributed by atoms with Crippen molar-refractivity contribution in [2.45, 2.75) is 45.4 Å². The highest BCUT2D eigenvalue weighted by Crippen LogP contribution is 2.46. The Morgan fingerprint density at radius 3 is 3.00 bits per heavy atom. The minimum absolute atomic E-state index is 0.184. The van der Waals surface area contributed by atoms with Crippen molar-refractivity contribution in [3.8, 4) is 0 Å². The van der Waals surface area contributed by atoms with Crippen LogP contribution < -0.4 is 11.3 Å². The zero-order valence-corrected chi connectivity index (χ0v) is 14.7. The lowest BCUT2D eigenvalue weighted by Gasteiger charge is -2.31. The molecule has 0 spiro atoms. The molecule has 0 amide bonds. The number of fused-ring (bicyclic) bond motifs is 1. The molecule has 1 aromatic rings. The summed E-state index contributed by atoms with van der Waals surface area (Å²) in [6.45, 7) is 6.45. The Balaban J connectivity index is 2.02. The van der Waals surface area contributed by atoms with E-state index in [2.05, 4.69) is 19.3 Å². The van der Waals surface area contributed by atoms with Crippen molar-refractivity contribution in [1.29, 1.82) is 0 Å². The highest BCUT2D eigenvalue weighted by Gasteiger charge is 2.37. The molecule has 1 fully saturated rings. The molecular formula is C17H26N2O3S. The van der Waals surface area contributed by atoms with Crippen molar-refractivity contribution < 1.29 is 14.6 Å². The highest BCUT2D eigenvalue weighted by molar-refractivity contribution is 7.12. The number of aryl methyl sites for hydroxylation is 1. The van der Waals surface area contributed by atoms with E-state index in [1.54, 1.807) is 11.3 Å². The van der Waals surface area contributed by atoms with Gasteiger partial charge in [0.25, 0.3) is 0 Å². The van der Waals surface area contributed by atoms with Gasteiger partial charge in [0.1, 0.15) is 0 Å². The Hall–Kier alpha value is -0.950. The van der Waals surface area contributed by atoms with Gasteiger partial charge in [-0.05, 0) is 36.7 Å². The van der Waals surface area contributed by atoms with Crippen LogP contribution >= 0.6 is 11.3 Å². The maximum absolute atomic E-state index is 12.0. The van der Waals surface area contributed by atoms with Gasteiger partial charge >= 0.3 is 5.97 Å². The zero-order chi connectivity index (χ0) is 16.6. The summed E-state index contributed by atoms with van der Waals surface area (Å²) >= 11 is 1.72. The number of carbonyl (C=O) groups is 1. The van der Waals surface area contributed by atoms with E-state index >= 15 is 0 Å². The minimum atomic E-state index is -0.777. The first-order valence-electron chi connectivity index (χ1n) is 8.32. The van der Waals surface area contributed by atoms with Crippen LogP contribution in [0.5, 0.6) is 0 Å². The molecule has 6 heteroatoms. The van der Waals surface area contributed by atoms with Crippen molar-refractivity contribution in [3.63, 3.8) is 0 Å². The first-order chi connectivity index (χ1) is 10.9. The van der Waals surface area contributed by atoms with Crippen molar-refractivity contribution in [1.82, 2.24) is 5.43 Å². The van der Waals surface area contributed by atoms with Gasteiger partial charge in [-0.2, -0.15) is 0 Å². The lowest BCUT2D eigenvalue weighted by molar-refractivity contribution is 0.0405. The van der Waals surface area contributed by atoms with Gasteiger partial charge in [-0.3, -0.25) is 11.3 Å². The largest absolute Gasteiger partial charge is 0.478 e. The smallest absolute Gasteiger partial charge is 0.337 e. The first-order valence-corrected chi connectivity index (χ1v) is 9.13. The van der Waals surface area contributed by atoms with Crippen molar-refractivity contribution in [2.24, 2.45) is 17.2 Å². The number of thiophene rings is 1. The fourth-order valence-electron chi connectivity index (χ4n) is 3.93. The number of hydrazine groups is 1. The summed E-state index contributed by atoms with van der Waals surface area (Å²) < 4.78 is 5.58. The molecule has 0 bridgehead atoms. The Morgan fingerprint density at radius 1 is 1.52 bits per heavy atom. The summed E-state index contributed by atoms with van der Waals surface area (Å²) in [7, 11) is 0. The average molecular weight is 338 g/mol. The maximum atomic E-state index is 12.0. The lowest BCUT2D eigenvalue weighted by Crippen LogP contribution is -2.37. The summed E-state index contributed by atoms with van der Waals surface area (Å²) in [5, 5.41) is 9.86. The SMILES string of the molecule is CC1(C)CCc2sc([C@H]3CCOC[C@H]3CNN)c(C(=O)O)c2C1. The Bertz CT molecular complexity index is 595. The second-order valence-corrected chi connectivity index (χ2v) is 8.66. The minimum Gasteiger partial charge on any atom is -0.478 e. The molecule has 0 unspecified atom stereocenters. The molecule has 0 aromatic carbocycles. The third-order valence-electron chi connectivity index (χ3n) is 5.21. The maximum Gasteiger partial charge on any atom is 0.337 e. The van der Waals surface area contributed by atoms with Crippen LogP contribution in [-0.4, -0.2) is 30.8 Å². The summed E-state index contributed by atoms with van der Waals surface area (Å²) in [6, 6.07) is 0. The summed E-state index contributed by atoms with van der Waals surface area (Å²) in [4.78, 5) is 14.3. The van der Waals surface area contributed by atoms with Gasteiger partial charge in [0.05, 0.1) is 12.2 Å². The van der Waals surface area contributed by atoms with Crippen LogP contribution in [0.4, 0.5) is 0 Å². The molecule has 128 valence electrons. The van der Waals surface area contributed by atoms with E-state index in [1.165, 1.54) is 4.88 Å². The van der Waals surface area contributed by atoms with Crippen LogP contribution in [0.15, 0.2) is 0 Å². The van der Waals surface area contributed by atoms with Gasteiger partial charge in [0.2, 0.25) is 0 Å². The van der Waals surface area contributed by atoms with Crippen molar-refractivity contribution >= 4 is 17.3 Å². The number of ether oxygens (including phenoxy) is 1. The standard InChI is InChI=1S/C17H26N2O3S/c1-17(2)5-3-13-12(7-17)14(16(20)21)15(23-13)11-4-6-22-9-10(11)8-19-18/h10-11,19H,3-9,18H2,1-2H3,(H,20,21)/t10-,11+/m1/s1. The molecule has 0 saturated carbocycles. The predicted molar refractivity (Wildman–Crippen MR) is 90.9 cm³/mol. The summed E-state index contributed by atoms with van der Waals surface area (Å²) in [5.41, 5.74) is 4.58. The Morgan fingerprint density at radius 2 is 2.30 bits per heavy atom. The molecule has 23 heavy (non-hydrogen) atoms. The number of hydrogen-bond acceptors (Lipinski definition) is 5. The van der Waals surface area contributed by atoms with E-state index in [4.69, 9.17) is 10.6 Å². The highest BCUT2D eigenvalue weighted by atomic mass is 32.1. The van der Waals surface area contributed by atoms with E-state index < -0.39 is 5.97 Å². The fraction of sp³-hybridized carbons (Fsp3) is 0.706. The summed E-state index contributed by atoms with van der Waals surface area (Å²) in [6.07, 6.45) is 3.86. The van der Waals surface area contributed by atoms with E-state index in [0.29, 0.717) is 25.3 Å². The molecule has 1 aromatic heterocycles. The molecule has 1 aliphatic heterocycles. The van der Waals surface area contributed by atoms with Gasteiger partial charge in [-0.25, -0.2) is 4.79 Å². The van der Waals surface area contributed by atoms with Crippen LogP contribution in [0.2, 0.25) is 0 Å². The van der Waals surface area contributed by atoms with Crippen LogP contribution in [0, 0.1) is 11.3 Å². The molecule has 5 nitrogen and oxygen atoms in total. The molecule has 2 heterocycles. The monoisotopic (exact) mass is 338 g/mol. The third kappa shape index (κ3) is 3.31. The zero-order valence-electron chi connectivity index (χ0n) is 13.9. The van der Waals surface area contributed by atoms with Crippen molar-refractivity contribution in [2.75, 3.05) is 19.8 Å². The molecule has 1 aliphatic carbocycles. The van der Waals surface area contributed by atoms with Crippen LogP contribution in [-0.2, 0) is 17.6 Å². The van der Waals surface area contributed by atoms with Gasteiger partial charge in [0.15, 0.2) is 0 Å². The third-order valence-corrected chi connectivity index (χ3v) is 6.63. The molecule has 0 radical (unpaired) electrons. The number of nitrogens with one attached hydrogen (secondary N) is 1. The van der Waals surface area contributed by atoms with E-state index in [1.807, 2.05) is 0 Å². The lowest BCUT2D eigenvalue weighted by atomic mass is 9.75. The number of rotatable bonds is 4. The quantitative estimate of drug-likeness (QED) is 0.580. The number of carboxylic acids is 1. The second-order valence-electron chi connectivity index (χ2n) is 7.53. The molecule has 4 N–H and O–H groups in total. The number of carboxylic acid groups (broad SMARTS) is 1. The van der Waals surface area contributed by atoms with E-state index in [9.17, 15) is 9.90 Å². The molecule has 1 saturated heterocycles. The number of aromatic carboxylic acids is 1. The molecule has 2 atom stereocenters. The van der Waals surface area contributed by atoms with E-state index in [-0.39, 0.29) is 17.3 Å². The second kappa shape index (κ2) is 6.51. The Kier molecular flexibility index (Phi) is 4.78. The van der Waals surface area contributed by atoms with Crippen molar-refractivity contribution in [3.05, 3.63) is 20.9 Å². The van der Waals surface area contributed by atoms with Gasteiger partial charge in [0, 0.05) is 34.7 Å². The van der Waals surface area contributed by atoms with Gasteiger partial charge < -0.3 is 9.84 Å². The van der Waals surface area contributed by atoms with E-state index in [0.717, 1.165) is 36.1 Å². The number of hydrogen-bond donors (Lipinski definition) is 3. The normalized spacial score (nSPS) is 26.7. The predicted octanol–water partition coefficient (Wildman–Crippen LogP) is 2.54. The molecule has 3 rings (SSSR count). The topological polar surface area (TPSA) is 84.6 Å². The number of nitrogens with two attached hydrogens (primary N) is 1. The fourth-order valence-corrected chi connectivity index (χ4v) is 5.47. The van der Waals surface area contributed by atoms with Gasteiger partial charge in [-0.15, -0.1) is 11.3 Å². The first kappa shape index (κ1) is 16.9. The average Bonchev–Trinajstić information content (AvgIpc) is 2.85.